The third kappa shape index (κ3) is 8.51. The number of nitriles is 1. The molecule has 0 bridgehead atoms. The standard InChI is InChI=1S/C33H38F3N7O2/c1-38-30(28-15-17-39-42(28)27-14-13-22(21-37)19-23(27)16-18-43(2,3)4)29(31(44)40-25-10-6-5-7-11-25)32(45)41-26-12-8-9-24(20-26)33(34,35)36/h8-9,12-15,17,19-20,25H,5-7,10-11,16,18H2,1-4H3,(H2-,38,40,41,44,45)/p+1. The Balaban J connectivity index is 1.82. The summed E-state index contributed by atoms with van der Waals surface area (Å²) in [5.74, 6) is -1.52. The van der Waals surface area contributed by atoms with Crippen LogP contribution >= 0.6 is 0 Å². The molecule has 0 unspecified atom stereocenters. The number of carbonyl (C=O) groups is 2. The third-order valence-electron chi connectivity index (χ3n) is 7.73. The second-order valence-corrected chi connectivity index (χ2v) is 12.2. The summed E-state index contributed by atoms with van der Waals surface area (Å²) < 4.78 is 42.5. The number of hydrogen-bond donors (Lipinski definition) is 3. The van der Waals surface area contributed by atoms with Gasteiger partial charge < -0.3 is 20.4 Å². The highest BCUT2D eigenvalue weighted by atomic mass is 19.4. The Morgan fingerprint density at radius 2 is 1.78 bits per heavy atom. The first-order valence-electron chi connectivity index (χ1n) is 14.9. The lowest BCUT2D eigenvalue weighted by molar-refractivity contribution is -0.870. The number of halogens is 3. The van der Waals surface area contributed by atoms with Gasteiger partial charge in [0.25, 0.3) is 11.8 Å². The highest BCUT2D eigenvalue weighted by Crippen LogP contribution is 2.31. The molecule has 45 heavy (non-hydrogen) atoms. The van der Waals surface area contributed by atoms with Crippen molar-refractivity contribution in [2.24, 2.45) is 0 Å². The number of nitrogens with zero attached hydrogens (tertiary/aromatic N) is 4. The van der Waals surface area contributed by atoms with Crippen molar-refractivity contribution in [1.29, 1.82) is 5.26 Å². The molecule has 2 aromatic carbocycles. The van der Waals surface area contributed by atoms with Gasteiger partial charge in [-0.3, -0.25) is 9.59 Å². The Morgan fingerprint density at radius 1 is 1.04 bits per heavy atom. The number of alkyl halides is 3. The minimum atomic E-state index is -4.61. The predicted molar refractivity (Wildman–Crippen MR) is 166 cm³/mol. The van der Waals surface area contributed by atoms with E-state index in [0.29, 0.717) is 27.8 Å². The maximum atomic E-state index is 13.9. The van der Waals surface area contributed by atoms with Crippen LogP contribution in [-0.2, 0) is 22.2 Å². The molecule has 0 atom stereocenters. The zero-order valence-electron chi connectivity index (χ0n) is 26.0. The molecular formula is C33H39F3N7O2+. The number of amides is 2. The van der Waals surface area contributed by atoms with Crippen LogP contribution in [0.3, 0.4) is 0 Å². The molecule has 1 aliphatic rings. The van der Waals surface area contributed by atoms with E-state index in [9.17, 15) is 28.0 Å². The summed E-state index contributed by atoms with van der Waals surface area (Å²) in [6, 6.07) is 13.2. The maximum absolute atomic E-state index is 13.9. The predicted octanol–water partition coefficient (Wildman–Crippen LogP) is 5.03. The monoisotopic (exact) mass is 622 g/mol. The largest absolute Gasteiger partial charge is 0.416 e. The molecule has 3 N–H and O–H groups in total. The van der Waals surface area contributed by atoms with Gasteiger partial charge in [-0.25, -0.2) is 4.68 Å². The third-order valence-corrected chi connectivity index (χ3v) is 7.73. The summed E-state index contributed by atoms with van der Waals surface area (Å²) in [6.45, 7) is 0.766. The fraction of sp³-hybridized carbons (Fsp3) is 0.394. The molecule has 238 valence electrons. The summed E-state index contributed by atoms with van der Waals surface area (Å²) in [7, 11) is 7.76. The first-order chi connectivity index (χ1) is 21.3. The first-order valence-corrected chi connectivity index (χ1v) is 14.9. The summed E-state index contributed by atoms with van der Waals surface area (Å²) >= 11 is 0. The topological polar surface area (TPSA) is 112 Å². The lowest BCUT2D eigenvalue weighted by Gasteiger charge is -2.25. The van der Waals surface area contributed by atoms with Crippen molar-refractivity contribution >= 4 is 23.2 Å². The minimum Gasteiger partial charge on any atom is -0.386 e. The van der Waals surface area contributed by atoms with Crippen molar-refractivity contribution in [2.45, 2.75) is 50.7 Å². The van der Waals surface area contributed by atoms with Gasteiger partial charge in [0, 0.05) is 25.2 Å². The van der Waals surface area contributed by atoms with E-state index in [-0.39, 0.29) is 23.0 Å². The molecule has 0 spiro atoms. The van der Waals surface area contributed by atoms with E-state index < -0.39 is 23.6 Å². The van der Waals surface area contributed by atoms with Crippen molar-refractivity contribution in [3.05, 3.63) is 82.7 Å². The fourth-order valence-corrected chi connectivity index (χ4v) is 5.39. The van der Waals surface area contributed by atoms with Gasteiger partial charge in [-0.05, 0) is 60.9 Å². The van der Waals surface area contributed by atoms with Crippen LogP contribution in [0.1, 0.15) is 54.5 Å². The van der Waals surface area contributed by atoms with Gasteiger partial charge in [-0.2, -0.15) is 23.5 Å². The molecular weight excluding hydrogens is 583 g/mol. The van der Waals surface area contributed by atoms with Crippen LogP contribution in [0.5, 0.6) is 0 Å². The van der Waals surface area contributed by atoms with Crippen LogP contribution in [0.15, 0.2) is 60.3 Å². The molecule has 0 aliphatic heterocycles. The molecule has 2 amide bonds. The smallest absolute Gasteiger partial charge is 0.386 e. The van der Waals surface area contributed by atoms with Crippen LogP contribution in [0.25, 0.3) is 11.4 Å². The second-order valence-electron chi connectivity index (χ2n) is 12.2. The summed E-state index contributed by atoms with van der Waals surface area (Å²) in [6.07, 6.45) is 2.04. The summed E-state index contributed by atoms with van der Waals surface area (Å²) in [5, 5.41) is 22.6. The Morgan fingerprint density at radius 3 is 2.42 bits per heavy atom. The van der Waals surface area contributed by atoms with Gasteiger partial charge in [0.2, 0.25) is 0 Å². The van der Waals surface area contributed by atoms with Crippen molar-refractivity contribution in [3.63, 3.8) is 0 Å². The highest BCUT2D eigenvalue weighted by Gasteiger charge is 2.32. The van der Waals surface area contributed by atoms with Crippen LogP contribution < -0.4 is 16.0 Å². The minimum absolute atomic E-state index is 0.101. The van der Waals surface area contributed by atoms with Gasteiger partial charge in [0.1, 0.15) is 5.57 Å². The van der Waals surface area contributed by atoms with E-state index in [1.165, 1.54) is 18.3 Å². The number of quaternary nitrogens is 1. The number of rotatable bonds is 10. The number of nitrogens with one attached hydrogen (secondary N) is 3. The molecule has 3 aromatic rings. The molecule has 1 heterocycles. The van der Waals surface area contributed by atoms with Crippen molar-refractivity contribution < 1.29 is 27.2 Å². The number of hydrogen-bond acceptors (Lipinski definition) is 5. The lowest BCUT2D eigenvalue weighted by atomic mass is 9.95. The maximum Gasteiger partial charge on any atom is 0.416 e. The van der Waals surface area contributed by atoms with Crippen LogP contribution in [0, 0.1) is 11.3 Å². The molecule has 0 radical (unpaired) electrons. The molecule has 4 rings (SSSR count). The summed E-state index contributed by atoms with van der Waals surface area (Å²) in [4.78, 5) is 27.7. The molecule has 1 saturated carbocycles. The van der Waals surface area contributed by atoms with Crippen LogP contribution in [0.2, 0.25) is 0 Å². The average molecular weight is 623 g/mol. The first kappa shape index (κ1) is 33.3. The number of likely N-dealkylation sites (N-methyl/N-ethyl adjacent to an activating group) is 1. The quantitative estimate of drug-likeness (QED) is 0.127. The van der Waals surface area contributed by atoms with E-state index in [1.807, 2.05) is 0 Å². The average Bonchev–Trinajstić information content (AvgIpc) is 3.47. The fourth-order valence-electron chi connectivity index (χ4n) is 5.39. The Hall–Kier alpha value is -4.63. The molecule has 12 heteroatoms. The molecule has 1 fully saturated rings. The lowest BCUT2D eigenvalue weighted by Crippen LogP contribution is -2.40. The number of aromatic nitrogens is 2. The Kier molecular flexibility index (Phi) is 10.3. The van der Waals surface area contributed by atoms with Gasteiger partial charge in [-0.1, -0.05) is 25.3 Å². The Bertz CT molecular complexity index is 1610. The van der Waals surface area contributed by atoms with Gasteiger partial charge in [0.05, 0.1) is 68.2 Å². The van der Waals surface area contributed by atoms with Gasteiger partial charge in [0.15, 0.2) is 0 Å². The number of benzene rings is 2. The van der Waals surface area contributed by atoms with E-state index in [1.54, 1.807) is 36.0 Å². The van der Waals surface area contributed by atoms with Crippen LogP contribution in [-0.4, -0.2) is 66.9 Å². The van der Waals surface area contributed by atoms with E-state index in [0.717, 1.165) is 56.3 Å². The van der Waals surface area contributed by atoms with Gasteiger partial charge >= 0.3 is 6.18 Å². The van der Waals surface area contributed by atoms with E-state index >= 15 is 0 Å². The van der Waals surface area contributed by atoms with Crippen molar-refractivity contribution in [3.8, 4) is 11.8 Å². The summed E-state index contributed by atoms with van der Waals surface area (Å²) in [5.41, 5.74) is 1.23. The molecule has 0 saturated heterocycles. The molecule has 1 aliphatic carbocycles. The molecule has 9 nitrogen and oxygen atoms in total. The van der Waals surface area contributed by atoms with Crippen molar-refractivity contribution in [2.75, 3.05) is 40.1 Å². The van der Waals surface area contributed by atoms with Crippen LogP contribution in [0.4, 0.5) is 18.9 Å². The second kappa shape index (κ2) is 14.0. The number of anilines is 1. The van der Waals surface area contributed by atoms with E-state index in [4.69, 9.17) is 0 Å². The molecule has 1 aromatic heterocycles. The highest BCUT2D eigenvalue weighted by molar-refractivity contribution is 6.27. The van der Waals surface area contributed by atoms with Crippen molar-refractivity contribution in [1.82, 2.24) is 20.4 Å². The zero-order valence-corrected chi connectivity index (χ0v) is 26.0. The van der Waals surface area contributed by atoms with Gasteiger partial charge in [-0.15, -0.1) is 0 Å². The Labute approximate surface area is 261 Å². The zero-order chi connectivity index (χ0) is 32.8. The number of carbonyl (C=O) groups excluding carboxylic acids is 2. The van der Waals surface area contributed by atoms with E-state index in [2.05, 4.69) is 48.3 Å². The normalized spacial score (nSPS) is 14.7. The SMILES string of the molecule is CN/C(=C(\C(=O)Nc1cccc(C(F)(F)F)c1)C(=O)NC1CCCCC1)c1ccnn1-c1ccc(C#N)cc1CC[N+](C)(C)C.